The lowest BCUT2D eigenvalue weighted by molar-refractivity contribution is -0.146. The molecule has 2 heterocycles. The number of ketones is 1. The van der Waals surface area contributed by atoms with E-state index in [9.17, 15) is 9.59 Å². The molecular weight excluding hydrogens is 236 g/mol. The molecule has 0 spiro atoms. The van der Waals surface area contributed by atoms with Crippen LogP contribution in [0.25, 0.3) is 0 Å². The SMILES string of the molecule is CC(=O)C1CC(c2ccc3c(c2)OCO3)OC1=O. The predicted molar refractivity (Wildman–Crippen MR) is 60.2 cm³/mol. The van der Waals surface area contributed by atoms with Crippen LogP contribution in [-0.2, 0) is 14.3 Å². The van der Waals surface area contributed by atoms with E-state index >= 15 is 0 Å². The predicted octanol–water partition coefficient (Wildman–Crippen LogP) is 1.61. The van der Waals surface area contributed by atoms with Gasteiger partial charge in [0.2, 0.25) is 6.79 Å². The Morgan fingerprint density at radius 3 is 2.78 bits per heavy atom. The molecule has 94 valence electrons. The van der Waals surface area contributed by atoms with E-state index in [0.717, 1.165) is 5.56 Å². The molecule has 2 aliphatic heterocycles. The summed E-state index contributed by atoms with van der Waals surface area (Å²) in [5, 5.41) is 0. The van der Waals surface area contributed by atoms with Gasteiger partial charge in [0.05, 0.1) is 0 Å². The van der Waals surface area contributed by atoms with Gasteiger partial charge in [-0.05, 0) is 24.6 Å². The zero-order chi connectivity index (χ0) is 12.7. The van der Waals surface area contributed by atoms with Crippen LogP contribution < -0.4 is 9.47 Å². The number of benzene rings is 1. The van der Waals surface area contributed by atoms with Gasteiger partial charge in [0, 0.05) is 6.42 Å². The quantitative estimate of drug-likeness (QED) is 0.587. The van der Waals surface area contributed by atoms with E-state index in [2.05, 4.69) is 0 Å². The van der Waals surface area contributed by atoms with Crippen LogP contribution in [-0.4, -0.2) is 18.5 Å². The van der Waals surface area contributed by atoms with Crippen LogP contribution in [0.3, 0.4) is 0 Å². The highest BCUT2D eigenvalue weighted by molar-refractivity contribution is 5.98. The first-order valence-electron chi connectivity index (χ1n) is 5.75. The van der Waals surface area contributed by atoms with Crippen molar-refractivity contribution in [2.45, 2.75) is 19.4 Å². The monoisotopic (exact) mass is 248 g/mol. The molecule has 18 heavy (non-hydrogen) atoms. The first kappa shape index (κ1) is 11.1. The van der Waals surface area contributed by atoms with Crippen LogP contribution in [0.2, 0.25) is 0 Å². The van der Waals surface area contributed by atoms with Crippen LogP contribution in [0, 0.1) is 5.92 Å². The molecule has 0 N–H and O–H groups in total. The largest absolute Gasteiger partial charge is 0.457 e. The zero-order valence-corrected chi connectivity index (χ0v) is 9.84. The number of rotatable bonds is 2. The Balaban J connectivity index is 1.84. The first-order chi connectivity index (χ1) is 8.65. The topological polar surface area (TPSA) is 61.8 Å². The van der Waals surface area contributed by atoms with Gasteiger partial charge in [-0.1, -0.05) is 6.07 Å². The van der Waals surface area contributed by atoms with E-state index in [4.69, 9.17) is 14.2 Å². The fourth-order valence-electron chi connectivity index (χ4n) is 2.23. The van der Waals surface area contributed by atoms with Crippen LogP contribution in [0.15, 0.2) is 18.2 Å². The molecule has 5 heteroatoms. The minimum Gasteiger partial charge on any atom is -0.457 e. The molecule has 0 aliphatic carbocycles. The number of carbonyl (C=O) groups excluding carboxylic acids is 2. The molecule has 0 amide bonds. The van der Waals surface area contributed by atoms with Gasteiger partial charge in [-0.3, -0.25) is 9.59 Å². The van der Waals surface area contributed by atoms with Gasteiger partial charge in [0.1, 0.15) is 17.8 Å². The molecule has 0 radical (unpaired) electrons. The third-order valence-electron chi connectivity index (χ3n) is 3.25. The zero-order valence-electron chi connectivity index (χ0n) is 9.84. The van der Waals surface area contributed by atoms with Crippen molar-refractivity contribution in [3.63, 3.8) is 0 Å². The Morgan fingerprint density at radius 1 is 1.28 bits per heavy atom. The molecule has 0 aromatic heterocycles. The summed E-state index contributed by atoms with van der Waals surface area (Å²) in [6.45, 7) is 1.62. The number of cyclic esters (lactones) is 1. The summed E-state index contributed by atoms with van der Waals surface area (Å²) in [5.74, 6) is 0.106. The van der Waals surface area contributed by atoms with E-state index in [0.29, 0.717) is 17.9 Å². The summed E-state index contributed by atoms with van der Waals surface area (Å²) in [4.78, 5) is 22.8. The van der Waals surface area contributed by atoms with Crippen molar-refractivity contribution in [2.75, 3.05) is 6.79 Å². The average molecular weight is 248 g/mol. The van der Waals surface area contributed by atoms with Crippen molar-refractivity contribution in [1.29, 1.82) is 0 Å². The van der Waals surface area contributed by atoms with E-state index in [-0.39, 0.29) is 18.7 Å². The second-order valence-corrected chi connectivity index (χ2v) is 4.44. The molecule has 3 rings (SSSR count). The second-order valence-electron chi connectivity index (χ2n) is 4.44. The van der Waals surface area contributed by atoms with Gasteiger partial charge in [-0.15, -0.1) is 0 Å². The summed E-state index contributed by atoms with van der Waals surface area (Å²) in [6.07, 6.45) is 0.0225. The molecule has 0 saturated carbocycles. The smallest absolute Gasteiger partial charge is 0.317 e. The number of ether oxygens (including phenoxy) is 3. The fraction of sp³-hybridized carbons (Fsp3) is 0.385. The summed E-state index contributed by atoms with van der Waals surface area (Å²) in [6, 6.07) is 5.41. The number of hydrogen-bond donors (Lipinski definition) is 0. The van der Waals surface area contributed by atoms with Crippen molar-refractivity contribution >= 4 is 11.8 Å². The van der Waals surface area contributed by atoms with Gasteiger partial charge in [-0.25, -0.2) is 0 Å². The minimum absolute atomic E-state index is 0.150. The van der Waals surface area contributed by atoms with Crippen LogP contribution in [0.4, 0.5) is 0 Å². The van der Waals surface area contributed by atoms with Gasteiger partial charge in [-0.2, -0.15) is 0 Å². The molecule has 1 saturated heterocycles. The molecule has 1 aromatic carbocycles. The number of fused-ring (bicyclic) bond motifs is 1. The number of Topliss-reactive ketones (excluding diaryl/α,β-unsaturated/α-hetero) is 1. The Labute approximate surface area is 104 Å². The van der Waals surface area contributed by atoms with Crippen LogP contribution >= 0.6 is 0 Å². The van der Waals surface area contributed by atoms with Gasteiger partial charge in [0.15, 0.2) is 11.5 Å². The lowest BCUT2D eigenvalue weighted by Crippen LogP contribution is -2.15. The van der Waals surface area contributed by atoms with E-state index in [1.54, 1.807) is 12.1 Å². The Morgan fingerprint density at radius 2 is 2.06 bits per heavy atom. The van der Waals surface area contributed by atoms with E-state index in [1.807, 2.05) is 6.07 Å². The van der Waals surface area contributed by atoms with Crippen molar-refractivity contribution in [1.82, 2.24) is 0 Å². The van der Waals surface area contributed by atoms with Gasteiger partial charge < -0.3 is 14.2 Å². The van der Waals surface area contributed by atoms with Gasteiger partial charge >= 0.3 is 5.97 Å². The minimum atomic E-state index is -0.638. The molecular formula is C13H12O5. The third-order valence-corrected chi connectivity index (χ3v) is 3.25. The van der Waals surface area contributed by atoms with Crippen molar-refractivity contribution in [3.05, 3.63) is 23.8 Å². The van der Waals surface area contributed by atoms with Crippen molar-refractivity contribution in [3.8, 4) is 11.5 Å². The van der Waals surface area contributed by atoms with E-state index < -0.39 is 11.9 Å². The molecule has 2 atom stereocenters. The summed E-state index contributed by atoms with van der Waals surface area (Å²) in [5.41, 5.74) is 0.830. The maximum Gasteiger partial charge on any atom is 0.317 e. The maximum absolute atomic E-state index is 11.5. The van der Waals surface area contributed by atoms with Gasteiger partial charge in [0.25, 0.3) is 0 Å². The molecule has 2 unspecified atom stereocenters. The Bertz CT molecular complexity index is 522. The number of carbonyl (C=O) groups is 2. The lowest BCUT2D eigenvalue weighted by atomic mass is 9.97. The number of hydrogen-bond acceptors (Lipinski definition) is 5. The molecule has 5 nitrogen and oxygen atoms in total. The molecule has 1 fully saturated rings. The van der Waals surface area contributed by atoms with Crippen LogP contribution in [0.5, 0.6) is 11.5 Å². The Kier molecular flexibility index (Phi) is 2.47. The third kappa shape index (κ3) is 1.72. The molecule has 0 bridgehead atoms. The maximum atomic E-state index is 11.5. The lowest BCUT2D eigenvalue weighted by Gasteiger charge is -2.09. The normalized spacial score (nSPS) is 25.1. The standard InChI is InChI=1S/C13H12O5/c1-7(14)9-5-11(18-13(9)15)8-2-3-10-12(4-8)17-6-16-10/h2-4,9,11H,5-6H2,1H3. The highest BCUT2D eigenvalue weighted by atomic mass is 16.7. The highest BCUT2D eigenvalue weighted by Gasteiger charge is 2.38. The Hall–Kier alpha value is -2.04. The fourth-order valence-corrected chi connectivity index (χ4v) is 2.23. The van der Waals surface area contributed by atoms with Crippen molar-refractivity contribution < 1.29 is 23.8 Å². The number of esters is 1. The molecule has 2 aliphatic rings. The van der Waals surface area contributed by atoms with Crippen LogP contribution in [0.1, 0.15) is 25.0 Å². The summed E-state index contributed by atoms with van der Waals surface area (Å²) < 4.78 is 15.7. The van der Waals surface area contributed by atoms with E-state index in [1.165, 1.54) is 6.92 Å². The highest BCUT2D eigenvalue weighted by Crippen LogP contribution is 2.39. The summed E-state index contributed by atoms with van der Waals surface area (Å²) >= 11 is 0. The molecule has 1 aromatic rings. The van der Waals surface area contributed by atoms with Crippen molar-refractivity contribution in [2.24, 2.45) is 5.92 Å². The first-order valence-corrected chi connectivity index (χ1v) is 5.75. The summed E-state index contributed by atoms with van der Waals surface area (Å²) in [7, 11) is 0. The average Bonchev–Trinajstić information content (AvgIpc) is 2.93. The second kappa shape index (κ2) is 4.01.